The zero-order valence-corrected chi connectivity index (χ0v) is 14.4. The molecule has 5 nitrogen and oxygen atoms in total. The summed E-state index contributed by atoms with van der Waals surface area (Å²) in [6.45, 7) is 0. The third kappa shape index (κ3) is 2.53. The number of ketones is 1. The highest BCUT2D eigenvalue weighted by atomic mass is 32.1. The molecule has 0 amide bonds. The molecule has 3 rings (SSSR count). The molecule has 24 heavy (non-hydrogen) atoms. The van der Waals surface area contributed by atoms with E-state index < -0.39 is 17.7 Å². The van der Waals surface area contributed by atoms with Crippen LogP contribution >= 0.6 is 11.3 Å². The number of esters is 1. The van der Waals surface area contributed by atoms with Crippen molar-refractivity contribution in [3.05, 3.63) is 22.8 Å². The SMILES string of the molecule is COC(=O)C1CCC1C(=O)c1cc2c(F)c(OC)c(OC)cc2s1. The molecule has 1 aromatic carbocycles. The second-order valence-electron chi connectivity index (χ2n) is 5.63. The summed E-state index contributed by atoms with van der Waals surface area (Å²) in [5.41, 5.74) is 0. The summed E-state index contributed by atoms with van der Waals surface area (Å²) in [5.74, 6) is -1.57. The predicted octanol–water partition coefficient (Wildman–Crippen LogP) is 3.44. The molecular formula is C17H17FO5S. The Morgan fingerprint density at radius 1 is 1.12 bits per heavy atom. The first-order chi connectivity index (χ1) is 11.5. The van der Waals surface area contributed by atoms with Crippen LogP contribution in [0.4, 0.5) is 4.39 Å². The van der Waals surface area contributed by atoms with E-state index in [4.69, 9.17) is 14.2 Å². The molecule has 2 atom stereocenters. The first-order valence-electron chi connectivity index (χ1n) is 7.47. The summed E-state index contributed by atoms with van der Waals surface area (Å²) in [7, 11) is 4.11. The Balaban J connectivity index is 1.98. The zero-order chi connectivity index (χ0) is 17.4. The van der Waals surface area contributed by atoms with E-state index in [1.165, 1.54) is 38.7 Å². The van der Waals surface area contributed by atoms with Crippen molar-refractivity contribution in [2.24, 2.45) is 11.8 Å². The molecule has 0 saturated heterocycles. The molecule has 1 aliphatic carbocycles. The van der Waals surface area contributed by atoms with Crippen LogP contribution in [0.15, 0.2) is 12.1 Å². The van der Waals surface area contributed by atoms with Crippen molar-refractivity contribution in [2.45, 2.75) is 12.8 Å². The Bertz CT molecular complexity index is 813. The molecule has 1 aromatic heterocycles. The van der Waals surface area contributed by atoms with Crippen molar-refractivity contribution in [2.75, 3.05) is 21.3 Å². The van der Waals surface area contributed by atoms with Gasteiger partial charge in [0.2, 0.25) is 0 Å². The van der Waals surface area contributed by atoms with Crippen molar-refractivity contribution in [3.63, 3.8) is 0 Å². The van der Waals surface area contributed by atoms with Crippen molar-refractivity contribution in [3.8, 4) is 11.5 Å². The molecule has 0 bridgehead atoms. The van der Waals surface area contributed by atoms with Gasteiger partial charge in [-0.25, -0.2) is 4.39 Å². The van der Waals surface area contributed by atoms with E-state index in [2.05, 4.69) is 0 Å². The van der Waals surface area contributed by atoms with Gasteiger partial charge >= 0.3 is 5.97 Å². The largest absolute Gasteiger partial charge is 0.493 e. The fourth-order valence-electron chi connectivity index (χ4n) is 2.99. The maximum absolute atomic E-state index is 14.6. The van der Waals surface area contributed by atoms with Crippen LogP contribution in [0.5, 0.6) is 11.5 Å². The molecule has 1 heterocycles. The van der Waals surface area contributed by atoms with E-state index in [0.29, 0.717) is 27.8 Å². The third-order valence-electron chi connectivity index (χ3n) is 4.46. The molecule has 0 aliphatic heterocycles. The van der Waals surface area contributed by atoms with Crippen LogP contribution in [0.3, 0.4) is 0 Å². The number of thiophene rings is 1. The number of fused-ring (bicyclic) bond motifs is 1. The fraction of sp³-hybridized carbons (Fsp3) is 0.412. The van der Waals surface area contributed by atoms with Crippen molar-refractivity contribution in [1.29, 1.82) is 0 Å². The molecule has 1 saturated carbocycles. The quantitative estimate of drug-likeness (QED) is 0.609. The van der Waals surface area contributed by atoms with Crippen LogP contribution < -0.4 is 9.47 Å². The lowest BCUT2D eigenvalue weighted by Gasteiger charge is -2.32. The van der Waals surface area contributed by atoms with Gasteiger partial charge in [-0.1, -0.05) is 0 Å². The van der Waals surface area contributed by atoms with Gasteiger partial charge in [0, 0.05) is 22.1 Å². The smallest absolute Gasteiger partial charge is 0.309 e. The standard InChI is InChI=1S/C17H17FO5S/c1-21-11-7-12-10(14(18)16(11)22-2)6-13(24-12)15(19)8-4-5-9(8)17(20)23-3/h6-9H,4-5H2,1-3H3. The number of hydrogen-bond acceptors (Lipinski definition) is 6. The summed E-state index contributed by atoms with van der Waals surface area (Å²) in [4.78, 5) is 24.8. The van der Waals surface area contributed by atoms with Crippen molar-refractivity contribution < 1.29 is 28.2 Å². The highest BCUT2D eigenvalue weighted by Crippen LogP contribution is 2.43. The van der Waals surface area contributed by atoms with E-state index in [1.54, 1.807) is 6.07 Å². The number of benzene rings is 1. The number of halogens is 1. The third-order valence-corrected chi connectivity index (χ3v) is 5.56. The van der Waals surface area contributed by atoms with Crippen LogP contribution in [0, 0.1) is 17.7 Å². The van der Waals surface area contributed by atoms with E-state index >= 15 is 0 Å². The van der Waals surface area contributed by atoms with Gasteiger partial charge in [0.25, 0.3) is 0 Å². The van der Waals surface area contributed by atoms with Crippen LogP contribution in [0.2, 0.25) is 0 Å². The second-order valence-corrected chi connectivity index (χ2v) is 6.71. The Labute approximate surface area is 142 Å². The van der Waals surface area contributed by atoms with Gasteiger partial charge in [-0.15, -0.1) is 11.3 Å². The maximum Gasteiger partial charge on any atom is 0.309 e. The monoisotopic (exact) mass is 352 g/mol. The fourth-order valence-corrected chi connectivity index (χ4v) is 4.08. The Kier molecular flexibility index (Phi) is 4.45. The number of carbonyl (C=O) groups is 2. The number of ether oxygens (including phenoxy) is 3. The molecule has 0 radical (unpaired) electrons. The van der Waals surface area contributed by atoms with Gasteiger partial charge in [-0.3, -0.25) is 9.59 Å². The predicted molar refractivity (Wildman–Crippen MR) is 87.4 cm³/mol. The normalized spacial score (nSPS) is 19.7. The summed E-state index contributed by atoms with van der Waals surface area (Å²) < 4.78 is 30.1. The van der Waals surface area contributed by atoms with Gasteiger partial charge in [0.15, 0.2) is 23.1 Å². The summed E-state index contributed by atoms with van der Waals surface area (Å²) in [5, 5.41) is 0.315. The van der Waals surface area contributed by atoms with Gasteiger partial charge in [-0.2, -0.15) is 0 Å². The Morgan fingerprint density at radius 2 is 1.83 bits per heavy atom. The number of rotatable bonds is 5. The average Bonchev–Trinajstić information content (AvgIpc) is 2.97. The lowest BCUT2D eigenvalue weighted by atomic mass is 9.71. The molecular weight excluding hydrogens is 335 g/mol. The zero-order valence-electron chi connectivity index (χ0n) is 13.6. The molecule has 2 unspecified atom stereocenters. The summed E-state index contributed by atoms with van der Waals surface area (Å²) in [6.07, 6.45) is 1.28. The van der Waals surface area contributed by atoms with E-state index in [9.17, 15) is 14.0 Å². The minimum absolute atomic E-state index is 0.0119. The first kappa shape index (κ1) is 16.7. The second kappa shape index (κ2) is 6.39. The van der Waals surface area contributed by atoms with Crippen LogP contribution in [-0.4, -0.2) is 33.1 Å². The maximum atomic E-state index is 14.6. The lowest BCUT2D eigenvalue weighted by molar-refractivity contribution is -0.150. The number of methoxy groups -OCH3 is 3. The first-order valence-corrected chi connectivity index (χ1v) is 8.29. The summed E-state index contributed by atoms with van der Waals surface area (Å²) >= 11 is 1.19. The number of hydrogen-bond donors (Lipinski definition) is 0. The lowest BCUT2D eigenvalue weighted by Crippen LogP contribution is -2.38. The molecule has 1 fully saturated rings. The average molecular weight is 352 g/mol. The Morgan fingerprint density at radius 3 is 2.38 bits per heavy atom. The van der Waals surface area contributed by atoms with E-state index in [0.717, 1.165) is 0 Å². The molecule has 128 valence electrons. The molecule has 0 N–H and O–H groups in total. The van der Waals surface area contributed by atoms with Gasteiger partial charge < -0.3 is 14.2 Å². The highest BCUT2D eigenvalue weighted by Gasteiger charge is 2.42. The molecule has 2 aromatic rings. The van der Waals surface area contributed by atoms with E-state index in [-0.39, 0.29) is 23.3 Å². The van der Waals surface area contributed by atoms with Crippen LogP contribution in [0.25, 0.3) is 10.1 Å². The Hall–Kier alpha value is -2.15. The van der Waals surface area contributed by atoms with Crippen molar-refractivity contribution in [1.82, 2.24) is 0 Å². The number of Topliss-reactive ketones (excluding diaryl/α,β-unsaturated/α-hetero) is 1. The summed E-state index contributed by atoms with van der Waals surface area (Å²) in [6, 6.07) is 3.17. The van der Waals surface area contributed by atoms with Crippen LogP contribution in [0.1, 0.15) is 22.5 Å². The minimum Gasteiger partial charge on any atom is -0.493 e. The van der Waals surface area contributed by atoms with Crippen LogP contribution in [-0.2, 0) is 9.53 Å². The molecule has 1 aliphatic rings. The minimum atomic E-state index is -0.555. The van der Waals surface area contributed by atoms with Gasteiger partial charge in [0.05, 0.1) is 32.1 Å². The van der Waals surface area contributed by atoms with Gasteiger partial charge in [0.1, 0.15) is 0 Å². The molecule has 7 heteroatoms. The topological polar surface area (TPSA) is 61.8 Å². The number of carbonyl (C=O) groups excluding carboxylic acids is 2. The highest BCUT2D eigenvalue weighted by molar-refractivity contribution is 7.20. The van der Waals surface area contributed by atoms with Gasteiger partial charge in [-0.05, 0) is 18.9 Å². The van der Waals surface area contributed by atoms with Crippen molar-refractivity contribution >= 4 is 33.2 Å². The van der Waals surface area contributed by atoms with E-state index in [1.807, 2.05) is 0 Å². The molecule has 0 spiro atoms.